The molecule has 0 saturated carbocycles. The van der Waals surface area contributed by atoms with Crippen molar-refractivity contribution in [2.24, 2.45) is 4.99 Å². The minimum Gasteiger partial charge on any atom is -0.406 e. The Kier molecular flexibility index (Phi) is 5.43. The molecule has 0 amide bonds. The monoisotopic (exact) mass is 340 g/mol. The molecule has 1 N–H and O–H groups in total. The van der Waals surface area contributed by atoms with Gasteiger partial charge in [0, 0.05) is 19.2 Å². The first-order valence-electron chi connectivity index (χ1n) is 7.09. The average Bonchev–Trinajstić information content (AvgIpc) is 2.48. The van der Waals surface area contributed by atoms with Crippen LogP contribution in [-0.2, 0) is 6.42 Å². The Hall–Kier alpha value is -2.57. The fourth-order valence-electron chi connectivity index (χ4n) is 2.24. The van der Waals surface area contributed by atoms with Crippen LogP contribution < -0.4 is 10.1 Å². The summed E-state index contributed by atoms with van der Waals surface area (Å²) in [7, 11) is 1.59. The number of aryl methyl sites for hydroxylation is 1. The number of hydrogen-bond donors (Lipinski definition) is 1. The highest BCUT2D eigenvalue weighted by molar-refractivity contribution is 5.77. The molecule has 0 unspecified atom stereocenters. The zero-order valence-corrected chi connectivity index (χ0v) is 13.1. The van der Waals surface area contributed by atoms with Crippen LogP contribution in [0.15, 0.2) is 41.4 Å². The molecule has 0 aliphatic rings. The molecule has 2 aromatic carbocycles. The summed E-state index contributed by atoms with van der Waals surface area (Å²) in [6.45, 7) is 1.80. The molecule has 0 aromatic heterocycles. The van der Waals surface area contributed by atoms with E-state index in [1.54, 1.807) is 26.1 Å². The standard InChI is InChI=1S/C17H16F4N2O/c1-11-6-13(15(18)9-16(11)23-10-22-2)7-12-4-3-5-14(8-12)24-17(19,20)21/h3-6,8-10H,7H2,1-2H3,(H,22,23). The first-order chi connectivity index (χ1) is 11.3. The number of nitrogens with one attached hydrogen (secondary N) is 1. The number of nitrogens with zero attached hydrogens (tertiary/aromatic N) is 1. The van der Waals surface area contributed by atoms with Crippen molar-refractivity contribution in [3.8, 4) is 5.75 Å². The maximum Gasteiger partial charge on any atom is 0.573 e. The van der Waals surface area contributed by atoms with E-state index in [2.05, 4.69) is 15.0 Å². The summed E-state index contributed by atoms with van der Waals surface area (Å²) < 4.78 is 54.9. The summed E-state index contributed by atoms with van der Waals surface area (Å²) in [5, 5.41) is 2.85. The van der Waals surface area contributed by atoms with Crippen molar-refractivity contribution in [1.82, 2.24) is 0 Å². The highest BCUT2D eigenvalue weighted by atomic mass is 19.4. The van der Waals surface area contributed by atoms with Gasteiger partial charge in [-0.25, -0.2) is 4.39 Å². The van der Waals surface area contributed by atoms with E-state index in [-0.39, 0.29) is 12.2 Å². The Morgan fingerprint density at radius 2 is 1.96 bits per heavy atom. The van der Waals surface area contributed by atoms with Gasteiger partial charge in [-0.1, -0.05) is 18.2 Å². The fourth-order valence-corrected chi connectivity index (χ4v) is 2.24. The number of anilines is 1. The van der Waals surface area contributed by atoms with E-state index in [9.17, 15) is 17.6 Å². The molecule has 3 nitrogen and oxygen atoms in total. The fraction of sp³-hybridized carbons (Fsp3) is 0.235. The molecule has 128 valence electrons. The molecule has 0 spiro atoms. The number of aliphatic imine (C=N–C) groups is 1. The van der Waals surface area contributed by atoms with Gasteiger partial charge in [0.05, 0.1) is 6.34 Å². The normalized spacial score (nSPS) is 11.8. The molecule has 24 heavy (non-hydrogen) atoms. The van der Waals surface area contributed by atoms with Gasteiger partial charge in [0.15, 0.2) is 0 Å². The lowest BCUT2D eigenvalue weighted by Gasteiger charge is -2.12. The molecular formula is C17H16F4N2O. The van der Waals surface area contributed by atoms with Gasteiger partial charge >= 0.3 is 6.36 Å². The maximum absolute atomic E-state index is 14.2. The van der Waals surface area contributed by atoms with E-state index < -0.39 is 12.2 Å². The van der Waals surface area contributed by atoms with E-state index in [1.807, 2.05) is 0 Å². The molecule has 0 fully saturated rings. The molecule has 2 rings (SSSR count). The summed E-state index contributed by atoms with van der Waals surface area (Å²) >= 11 is 0. The Morgan fingerprint density at radius 1 is 1.21 bits per heavy atom. The molecular weight excluding hydrogens is 324 g/mol. The van der Waals surface area contributed by atoms with Gasteiger partial charge in [-0.3, -0.25) is 4.99 Å². The Morgan fingerprint density at radius 3 is 2.62 bits per heavy atom. The molecule has 7 heteroatoms. The predicted octanol–water partition coefficient (Wildman–Crippen LogP) is 4.69. The van der Waals surface area contributed by atoms with Gasteiger partial charge in [-0.05, 0) is 41.8 Å². The number of ether oxygens (including phenoxy) is 1. The first kappa shape index (κ1) is 17.8. The molecule has 0 radical (unpaired) electrons. The maximum atomic E-state index is 14.2. The van der Waals surface area contributed by atoms with Crippen molar-refractivity contribution < 1.29 is 22.3 Å². The third-order valence-corrected chi connectivity index (χ3v) is 3.27. The first-order valence-corrected chi connectivity index (χ1v) is 7.09. The smallest absolute Gasteiger partial charge is 0.406 e. The number of benzene rings is 2. The second-order valence-corrected chi connectivity index (χ2v) is 5.16. The van der Waals surface area contributed by atoms with Gasteiger partial charge in [0.25, 0.3) is 0 Å². The summed E-state index contributed by atoms with van der Waals surface area (Å²) in [6.07, 6.45) is -3.15. The third kappa shape index (κ3) is 4.97. The van der Waals surface area contributed by atoms with Crippen LogP contribution in [0, 0.1) is 12.7 Å². The number of hydrogen-bond acceptors (Lipinski definition) is 2. The lowest BCUT2D eigenvalue weighted by atomic mass is 10.0. The van der Waals surface area contributed by atoms with Crippen LogP contribution in [0.25, 0.3) is 0 Å². The van der Waals surface area contributed by atoms with E-state index in [4.69, 9.17) is 0 Å². The van der Waals surface area contributed by atoms with Crippen molar-refractivity contribution in [3.05, 3.63) is 58.9 Å². The van der Waals surface area contributed by atoms with E-state index in [0.717, 1.165) is 5.56 Å². The van der Waals surface area contributed by atoms with Gasteiger partial charge in [0.2, 0.25) is 0 Å². The van der Waals surface area contributed by atoms with Crippen molar-refractivity contribution in [2.45, 2.75) is 19.7 Å². The summed E-state index contributed by atoms with van der Waals surface area (Å²) in [5.41, 5.74) is 2.28. The van der Waals surface area contributed by atoms with Gasteiger partial charge in [0.1, 0.15) is 11.6 Å². The van der Waals surface area contributed by atoms with Gasteiger partial charge < -0.3 is 10.1 Å². The van der Waals surface area contributed by atoms with Crippen LogP contribution in [0.1, 0.15) is 16.7 Å². The number of halogens is 4. The Balaban J connectivity index is 2.22. The van der Waals surface area contributed by atoms with Crippen molar-refractivity contribution in [3.63, 3.8) is 0 Å². The molecule has 0 aliphatic heterocycles. The second kappa shape index (κ2) is 7.33. The molecule has 2 aromatic rings. The number of rotatable bonds is 5. The largest absolute Gasteiger partial charge is 0.573 e. The van der Waals surface area contributed by atoms with Gasteiger partial charge in [-0.15, -0.1) is 13.2 Å². The summed E-state index contributed by atoms with van der Waals surface area (Å²) in [5.74, 6) is -0.774. The van der Waals surface area contributed by atoms with Crippen molar-refractivity contribution >= 4 is 12.0 Å². The molecule has 0 saturated heterocycles. The predicted molar refractivity (Wildman–Crippen MR) is 85.1 cm³/mol. The third-order valence-electron chi connectivity index (χ3n) is 3.27. The highest BCUT2D eigenvalue weighted by Gasteiger charge is 2.31. The van der Waals surface area contributed by atoms with Crippen LogP contribution in [-0.4, -0.2) is 19.7 Å². The van der Waals surface area contributed by atoms with Gasteiger partial charge in [-0.2, -0.15) is 0 Å². The minimum atomic E-state index is -4.76. The quantitative estimate of drug-likeness (QED) is 0.486. The van der Waals surface area contributed by atoms with Crippen LogP contribution in [0.3, 0.4) is 0 Å². The Labute approximate surface area is 137 Å². The summed E-state index contributed by atoms with van der Waals surface area (Å²) in [4.78, 5) is 3.77. The SMILES string of the molecule is CN=CNc1cc(F)c(Cc2cccc(OC(F)(F)F)c2)cc1C. The Bertz CT molecular complexity index is 742. The zero-order chi connectivity index (χ0) is 17.7. The highest BCUT2D eigenvalue weighted by Crippen LogP contribution is 2.26. The summed E-state index contributed by atoms with van der Waals surface area (Å²) in [6, 6.07) is 8.50. The van der Waals surface area contributed by atoms with Crippen molar-refractivity contribution in [1.29, 1.82) is 0 Å². The van der Waals surface area contributed by atoms with Crippen LogP contribution in [0.4, 0.5) is 23.2 Å². The van der Waals surface area contributed by atoms with Crippen molar-refractivity contribution in [2.75, 3.05) is 12.4 Å². The van der Waals surface area contributed by atoms with Crippen LogP contribution in [0.2, 0.25) is 0 Å². The van der Waals surface area contributed by atoms with Crippen LogP contribution >= 0.6 is 0 Å². The minimum absolute atomic E-state index is 0.157. The molecule has 0 atom stereocenters. The van der Waals surface area contributed by atoms with E-state index >= 15 is 0 Å². The molecule has 0 bridgehead atoms. The average molecular weight is 340 g/mol. The van der Waals surface area contributed by atoms with E-state index in [1.165, 1.54) is 30.6 Å². The lowest BCUT2D eigenvalue weighted by molar-refractivity contribution is -0.274. The van der Waals surface area contributed by atoms with E-state index in [0.29, 0.717) is 16.8 Å². The topological polar surface area (TPSA) is 33.6 Å². The second-order valence-electron chi connectivity index (χ2n) is 5.16. The molecule has 0 aliphatic carbocycles. The zero-order valence-electron chi connectivity index (χ0n) is 13.1. The number of alkyl halides is 3. The van der Waals surface area contributed by atoms with Crippen LogP contribution in [0.5, 0.6) is 5.75 Å². The lowest BCUT2D eigenvalue weighted by Crippen LogP contribution is -2.17. The molecule has 0 heterocycles.